The Bertz CT molecular complexity index is 420. The predicted octanol–water partition coefficient (Wildman–Crippen LogP) is 2.72. The lowest BCUT2D eigenvalue weighted by atomic mass is 10.3. The van der Waals surface area contributed by atoms with E-state index >= 15 is 0 Å². The van der Waals surface area contributed by atoms with Crippen LogP contribution in [0.4, 0.5) is 29.7 Å². The Morgan fingerprint density at radius 1 is 0.950 bits per heavy atom. The van der Waals surface area contributed by atoms with E-state index in [1.165, 1.54) is 6.07 Å². The van der Waals surface area contributed by atoms with Crippen LogP contribution >= 0.6 is 0 Å². The number of ether oxygens (including phenoxy) is 2. The summed E-state index contributed by atoms with van der Waals surface area (Å²) in [6, 6.07) is 6.10. The van der Waals surface area contributed by atoms with Crippen molar-refractivity contribution in [3.63, 3.8) is 0 Å². The summed E-state index contributed by atoms with van der Waals surface area (Å²) < 4.78 is 32.6. The highest BCUT2D eigenvalue weighted by Crippen LogP contribution is 2.15. The first kappa shape index (κ1) is 15.7. The van der Waals surface area contributed by atoms with E-state index in [-0.39, 0.29) is 13.2 Å². The lowest BCUT2D eigenvalue weighted by Gasteiger charge is -2.08. The molecule has 8 heteroatoms. The van der Waals surface area contributed by atoms with Crippen LogP contribution in [0.25, 0.3) is 0 Å². The van der Waals surface area contributed by atoms with Crippen molar-refractivity contribution in [3.8, 4) is 0 Å². The molecule has 1 rings (SSSR count). The zero-order chi connectivity index (χ0) is 14.8. The van der Waals surface area contributed by atoms with Crippen LogP contribution in [0.5, 0.6) is 0 Å². The molecule has 0 aliphatic carbocycles. The predicted molar refractivity (Wildman–Crippen MR) is 68.3 cm³/mol. The zero-order valence-corrected chi connectivity index (χ0v) is 10.5. The fourth-order valence-electron chi connectivity index (χ4n) is 1.25. The summed E-state index contributed by atoms with van der Waals surface area (Å²) in [6.45, 7) is -2.20. The van der Waals surface area contributed by atoms with Gasteiger partial charge in [-0.3, -0.25) is 10.6 Å². The van der Waals surface area contributed by atoms with Crippen LogP contribution in [0.3, 0.4) is 0 Å². The van der Waals surface area contributed by atoms with E-state index < -0.39 is 25.5 Å². The summed E-state index contributed by atoms with van der Waals surface area (Å²) in [5.74, 6) is 0. The van der Waals surface area contributed by atoms with Gasteiger partial charge in [0, 0.05) is 11.4 Å². The third kappa shape index (κ3) is 5.98. The smallest absolute Gasteiger partial charge is 0.411 e. The second-order valence-electron chi connectivity index (χ2n) is 3.48. The summed E-state index contributed by atoms with van der Waals surface area (Å²) in [4.78, 5) is 22.4. The highest BCUT2D eigenvalue weighted by molar-refractivity contribution is 5.88. The van der Waals surface area contributed by atoms with E-state index in [0.717, 1.165) is 0 Å². The van der Waals surface area contributed by atoms with Gasteiger partial charge in [0.2, 0.25) is 0 Å². The molecule has 0 spiro atoms. The Balaban J connectivity index is 2.52. The van der Waals surface area contributed by atoms with Crippen LogP contribution in [-0.4, -0.2) is 38.7 Å². The topological polar surface area (TPSA) is 76.7 Å². The summed E-state index contributed by atoms with van der Waals surface area (Å²) >= 11 is 0. The zero-order valence-electron chi connectivity index (χ0n) is 10.5. The average molecular weight is 288 g/mol. The van der Waals surface area contributed by atoms with Gasteiger partial charge in [0.15, 0.2) is 0 Å². The average Bonchev–Trinajstić information content (AvgIpc) is 2.43. The van der Waals surface area contributed by atoms with Gasteiger partial charge in [0.05, 0.1) is 0 Å². The van der Waals surface area contributed by atoms with Crippen molar-refractivity contribution in [2.24, 2.45) is 0 Å². The lowest BCUT2D eigenvalue weighted by molar-refractivity contribution is 0.152. The number of hydrogen-bond acceptors (Lipinski definition) is 4. The Kier molecular flexibility index (Phi) is 6.80. The van der Waals surface area contributed by atoms with Gasteiger partial charge in [-0.1, -0.05) is 6.07 Å². The third-order valence-electron chi connectivity index (χ3n) is 1.98. The number of amides is 2. The normalized spacial score (nSPS) is 9.70. The minimum Gasteiger partial charge on any atom is -0.447 e. The number of rotatable bonds is 6. The van der Waals surface area contributed by atoms with Crippen molar-refractivity contribution in [3.05, 3.63) is 24.3 Å². The van der Waals surface area contributed by atoms with Crippen molar-refractivity contribution in [2.75, 3.05) is 37.2 Å². The van der Waals surface area contributed by atoms with E-state index in [2.05, 4.69) is 20.1 Å². The minimum absolute atomic E-state index is 0.334. The fraction of sp³-hybridized carbons (Fsp3) is 0.333. The SMILES string of the molecule is O=C(Nc1cccc(NC(=O)OCCF)c1)OCCF. The number of nitrogens with one attached hydrogen (secondary N) is 2. The van der Waals surface area contributed by atoms with Gasteiger partial charge in [0.1, 0.15) is 26.6 Å². The Labute approximate surface area is 114 Å². The van der Waals surface area contributed by atoms with Crippen LogP contribution in [-0.2, 0) is 9.47 Å². The monoisotopic (exact) mass is 288 g/mol. The molecule has 0 radical (unpaired) electrons. The molecule has 2 amide bonds. The first-order chi connectivity index (χ1) is 9.65. The van der Waals surface area contributed by atoms with Gasteiger partial charge in [-0.05, 0) is 18.2 Å². The highest BCUT2D eigenvalue weighted by Gasteiger charge is 2.06. The molecule has 0 bridgehead atoms. The van der Waals surface area contributed by atoms with Crippen LogP contribution in [0.1, 0.15) is 0 Å². The number of benzene rings is 1. The molecule has 0 aromatic heterocycles. The molecule has 0 aliphatic heterocycles. The van der Waals surface area contributed by atoms with Crippen molar-refractivity contribution in [2.45, 2.75) is 0 Å². The molecule has 0 saturated heterocycles. The van der Waals surface area contributed by atoms with Crippen molar-refractivity contribution < 1.29 is 27.8 Å². The van der Waals surface area contributed by atoms with Gasteiger partial charge in [-0.15, -0.1) is 0 Å². The number of halogens is 2. The molecular formula is C12H14F2N2O4. The number of alkyl halides is 2. The van der Waals surface area contributed by atoms with Crippen molar-refractivity contribution in [1.29, 1.82) is 0 Å². The molecule has 0 fully saturated rings. The first-order valence-electron chi connectivity index (χ1n) is 5.75. The molecule has 1 aromatic carbocycles. The number of carbonyl (C=O) groups excluding carboxylic acids is 2. The van der Waals surface area contributed by atoms with Crippen LogP contribution in [0.2, 0.25) is 0 Å². The molecule has 110 valence electrons. The quantitative estimate of drug-likeness (QED) is 0.843. The largest absolute Gasteiger partial charge is 0.447 e. The van der Waals surface area contributed by atoms with E-state index in [9.17, 15) is 18.4 Å². The number of hydrogen-bond donors (Lipinski definition) is 2. The standard InChI is InChI=1S/C12H14F2N2O4/c13-4-6-19-11(17)15-9-2-1-3-10(8-9)16-12(18)20-7-5-14/h1-3,8H,4-7H2,(H,15,17)(H,16,18). The molecular weight excluding hydrogens is 274 g/mol. The van der Waals surface area contributed by atoms with Crippen molar-refractivity contribution in [1.82, 2.24) is 0 Å². The van der Waals surface area contributed by atoms with Crippen LogP contribution in [0.15, 0.2) is 24.3 Å². The summed E-state index contributed by atoms with van der Waals surface area (Å²) in [5.41, 5.74) is 0.689. The van der Waals surface area contributed by atoms with Gasteiger partial charge >= 0.3 is 12.2 Å². The number of carbonyl (C=O) groups is 2. The van der Waals surface area contributed by atoms with E-state index in [1.54, 1.807) is 18.2 Å². The summed E-state index contributed by atoms with van der Waals surface area (Å²) in [6.07, 6.45) is -1.61. The second-order valence-corrected chi connectivity index (χ2v) is 3.48. The molecule has 0 unspecified atom stereocenters. The molecule has 0 atom stereocenters. The summed E-state index contributed by atoms with van der Waals surface area (Å²) in [5, 5.41) is 4.71. The van der Waals surface area contributed by atoms with E-state index in [1.807, 2.05) is 0 Å². The molecule has 0 heterocycles. The first-order valence-corrected chi connectivity index (χ1v) is 5.75. The molecule has 0 aliphatic rings. The van der Waals surface area contributed by atoms with Gasteiger partial charge in [0.25, 0.3) is 0 Å². The van der Waals surface area contributed by atoms with E-state index in [0.29, 0.717) is 11.4 Å². The van der Waals surface area contributed by atoms with Crippen LogP contribution < -0.4 is 10.6 Å². The van der Waals surface area contributed by atoms with Gasteiger partial charge < -0.3 is 9.47 Å². The maximum atomic E-state index is 11.8. The number of anilines is 2. The maximum Gasteiger partial charge on any atom is 0.411 e. The Morgan fingerprint density at radius 2 is 1.40 bits per heavy atom. The third-order valence-corrected chi connectivity index (χ3v) is 1.98. The molecule has 6 nitrogen and oxygen atoms in total. The molecule has 1 aromatic rings. The summed E-state index contributed by atoms with van der Waals surface area (Å²) in [7, 11) is 0. The maximum absolute atomic E-state index is 11.8. The fourth-order valence-corrected chi connectivity index (χ4v) is 1.25. The molecule has 2 N–H and O–H groups in total. The molecule has 0 saturated carbocycles. The van der Waals surface area contributed by atoms with Gasteiger partial charge in [-0.25, -0.2) is 18.4 Å². The minimum atomic E-state index is -0.806. The Morgan fingerprint density at radius 3 is 1.80 bits per heavy atom. The van der Waals surface area contributed by atoms with Gasteiger partial charge in [-0.2, -0.15) is 0 Å². The Hall–Kier alpha value is -2.38. The van der Waals surface area contributed by atoms with Crippen LogP contribution in [0, 0.1) is 0 Å². The van der Waals surface area contributed by atoms with E-state index in [4.69, 9.17) is 0 Å². The molecule has 20 heavy (non-hydrogen) atoms. The van der Waals surface area contributed by atoms with Crippen molar-refractivity contribution >= 4 is 23.6 Å². The lowest BCUT2D eigenvalue weighted by Crippen LogP contribution is -2.16. The highest BCUT2D eigenvalue weighted by atomic mass is 19.1. The second kappa shape index (κ2) is 8.68.